The van der Waals surface area contributed by atoms with Crippen LogP contribution in [0.15, 0.2) is 243 Å². The SMILES string of the molecule is c1ccc(-c2ccc(N(c3ccc(-c4ccccc4)cc3)c3cc(-c4nc(-c5ccccc5)cc(-c5ccccc5)n4)cc4c3c3ccccc3n4-c3ccccc3)cc2)cc1. The Morgan fingerprint density at radius 2 is 0.742 bits per heavy atom. The summed E-state index contributed by atoms with van der Waals surface area (Å²) in [5, 5.41) is 2.29. The number of rotatable bonds is 9. The first-order valence-corrected chi connectivity index (χ1v) is 21.0. The van der Waals surface area contributed by atoms with E-state index in [0.29, 0.717) is 5.82 Å². The third-order valence-corrected chi connectivity index (χ3v) is 11.6. The smallest absolute Gasteiger partial charge is 0.160 e. The molecule has 2 aromatic heterocycles. The molecule has 0 aliphatic rings. The highest BCUT2D eigenvalue weighted by Gasteiger charge is 2.24. The minimum atomic E-state index is 0.650. The molecule has 0 aliphatic carbocycles. The molecule has 11 rings (SSSR count). The number of hydrogen-bond donors (Lipinski definition) is 0. The molecule has 0 radical (unpaired) electrons. The molecule has 0 atom stereocenters. The summed E-state index contributed by atoms with van der Waals surface area (Å²) in [7, 11) is 0. The van der Waals surface area contributed by atoms with Gasteiger partial charge in [0.15, 0.2) is 5.82 Å². The summed E-state index contributed by atoms with van der Waals surface area (Å²) in [5.41, 5.74) is 15.8. The van der Waals surface area contributed by atoms with E-state index in [-0.39, 0.29) is 0 Å². The molecule has 0 spiro atoms. The first-order valence-electron chi connectivity index (χ1n) is 21.0. The van der Waals surface area contributed by atoms with Gasteiger partial charge in [0, 0.05) is 44.5 Å². The van der Waals surface area contributed by atoms with Gasteiger partial charge in [-0.05, 0) is 82.9 Å². The molecule has 0 amide bonds. The Morgan fingerprint density at radius 1 is 0.323 bits per heavy atom. The quantitative estimate of drug-likeness (QED) is 0.146. The van der Waals surface area contributed by atoms with Gasteiger partial charge in [-0.2, -0.15) is 0 Å². The Hall–Kier alpha value is -8.34. The lowest BCUT2D eigenvalue weighted by Gasteiger charge is -2.27. The number of benzene rings is 9. The molecule has 62 heavy (non-hydrogen) atoms. The molecule has 4 heteroatoms. The lowest BCUT2D eigenvalue weighted by Crippen LogP contribution is -2.11. The lowest BCUT2D eigenvalue weighted by molar-refractivity contribution is 1.16. The zero-order valence-corrected chi connectivity index (χ0v) is 33.9. The maximum absolute atomic E-state index is 5.36. The van der Waals surface area contributed by atoms with Crippen LogP contribution in [-0.4, -0.2) is 14.5 Å². The van der Waals surface area contributed by atoms with Crippen molar-refractivity contribution >= 4 is 38.9 Å². The fourth-order valence-electron chi connectivity index (χ4n) is 8.62. The van der Waals surface area contributed by atoms with E-state index in [9.17, 15) is 0 Å². The highest BCUT2D eigenvalue weighted by Crippen LogP contribution is 2.46. The fraction of sp³-hybridized carbons (Fsp3) is 0. The molecular formula is C58H40N4. The Kier molecular flexibility index (Phi) is 9.49. The molecule has 0 saturated carbocycles. The van der Waals surface area contributed by atoms with Gasteiger partial charge in [0.2, 0.25) is 0 Å². The molecule has 9 aromatic carbocycles. The van der Waals surface area contributed by atoms with E-state index in [1.807, 2.05) is 12.1 Å². The minimum absolute atomic E-state index is 0.650. The van der Waals surface area contributed by atoms with Gasteiger partial charge in [-0.3, -0.25) is 0 Å². The standard InChI is InChI=1S/C58H40N4/c1-6-18-41(19-7-1)43-30-34-49(35-31-43)61(50-36-32-44(33-37-50)42-20-8-2-9-21-42)55-38-47(39-56-57(55)51-28-16-17-29-54(51)62(56)48-26-14-5-15-27-48)58-59-52(45-22-10-3-11-23-45)40-53(60-58)46-24-12-4-13-25-46/h1-40H. The van der Waals surface area contributed by atoms with E-state index in [2.05, 4.69) is 240 Å². The molecule has 0 unspecified atom stereocenters. The summed E-state index contributed by atoms with van der Waals surface area (Å²) in [6.07, 6.45) is 0. The molecule has 0 fully saturated rings. The van der Waals surface area contributed by atoms with Crippen LogP contribution in [0, 0.1) is 0 Å². The van der Waals surface area contributed by atoms with Crippen LogP contribution < -0.4 is 4.90 Å². The Bertz CT molecular complexity index is 3150. The number of nitrogens with zero attached hydrogens (tertiary/aromatic N) is 4. The number of anilines is 3. The average Bonchev–Trinajstić information content (AvgIpc) is 3.70. The van der Waals surface area contributed by atoms with Crippen LogP contribution in [0.5, 0.6) is 0 Å². The van der Waals surface area contributed by atoms with Crippen LogP contribution in [0.25, 0.3) is 83.6 Å². The summed E-state index contributed by atoms with van der Waals surface area (Å²) in [6, 6.07) is 85.8. The third kappa shape index (κ3) is 6.90. The summed E-state index contributed by atoms with van der Waals surface area (Å²) < 4.78 is 2.38. The average molecular weight is 793 g/mol. The van der Waals surface area contributed by atoms with Crippen LogP contribution in [0.1, 0.15) is 0 Å². The maximum Gasteiger partial charge on any atom is 0.160 e. The van der Waals surface area contributed by atoms with Crippen LogP contribution in [0.3, 0.4) is 0 Å². The molecule has 292 valence electrons. The summed E-state index contributed by atoms with van der Waals surface area (Å²) in [6.45, 7) is 0. The van der Waals surface area contributed by atoms with Crippen molar-refractivity contribution in [3.05, 3.63) is 243 Å². The lowest BCUT2D eigenvalue weighted by atomic mass is 10.0. The second kappa shape index (κ2) is 16.0. The molecule has 0 saturated heterocycles. The second-order valence-electron chi connectivity index (χ2n) is 15.4. The monoisotopic (exact) mass is 792 g/mol. The number of fused-ring (bicyclic) bond motifs is 3. The largest absolute Gasteiger partial charge is 0.310 e. The van der Waals surface area contributed by atoms with Crippen molar-refractivity contribution < 1.29 is 0 Å². The van der Waals surface area contributed by atoms with Gasteiger partial charge in [0.25, 0.3) is 0 Å². The van der Waals surface area contributed by atoms with E-state index in [1.165, 1.54) is 11.1 Å². The van der Waals surface area contributed by atoms with Crippen molar-refractivity contribution in [1.29, 1.82) is 0 Å². The first kappa shape index (κ1) is 36.7. The Balaban J connectivity index is 1.21. The second-order valence-corrected chi connectivity index (χ2v) is 15.4. The van der Waals surface area contributed by atoms with Crippen LogP contribution >= 0.6 is 0 Å². The van der Waals surface area contributed by atoms with Crippen molar-refractivity contribution in [3.8, 4) is 61.8 Å². The molecular weight excluding hydrogens is 753 g/mol. The van der Waals surface area contributed by atoms with Gasteiger partial charge in [0.05, 0.1) is 28.1 Å². The minimum Gasteiger partial charge on any atom is -0.310 e. The van der Waals surface area contributed by atoms with Crippen molar-refractivity contribution in [1.82, 2.24) is 14.5 Å². The van der Waals surface area contributed by atoms with Gasteiger partial charge in [-0.25, -0.2) is 9.97 Å². The van der Waals surface area contributed by atoms with Crippen molar-refractivity contribution in [2.75, 3.05) is 4.90 Å². The number of hydrogen-bond acceptors (Lipinski definition) is 3. The van der Waals surface area contributed by atoms with Gasteiger partial charge in [0.1, 0.15) is 0 Å². The Labute approximate surface area is 361 Å². The molecule has 0 bridgehead atoms. The molecule has 0 N–H and O–H groups in total. The van der Waals surface area contributed by atoms with Gasteiger partial charge < -0.3 is 9.47 Å². The maximum atomic E-state index is 5.36. The van der Waals surface area contributed by atoms with E-state index >= 15 is 0 Å². The third-order valence-electron chi connectivity index (χ3n) is 11.6. The summed E-state index contributed by atoms with van der Waals surface area (Å²) >= 11 is 0. The topological polar surface area (TPSA) is 34.0 Å². The van der Waals surface area contributed by atoms with Crippen LogP contribution in [0.2, 0.25) is 0 Å². The summed E-state index contributed by atoms with van der Waals surface area (Å²) in [4.78, 5) is 13.1. The van der Waals surface area contributed by atoms with Crippen LogP contribution in [0.4, 0.5) is 17.1 Å². The number of para-hydroxylation sites is 2. The fourth-order valence-corrected chi connectivity index (χ4v) is 8.62. The van der Waals surface area contributed by atoms with Crippen molar-refractivity contribution in [2.24, 2.45) is 0 Å². The molecule has 2 heterocycles. The van der Waals surface area contributed by atoms with E-state index in [0.717, 1.165) is 83.8 Å². The normalized spacial score (nSPS) is 11.2. The zero-order chi connectivity index (χ0) is 41.2. The predicted molar refractivity (Wildman–Crippen MR) is 258 cm³/mol. The van der Waals surface area contributed by atoms with E-state index in [1.54, 1.807) is 0 Å². The first-order chi connectivity index (χ1) is 30.7. The van der Waals surface area contributed by atoms with Crippen molar-refractivity contribution in [3.63, 3.8) is 0 Å². The van der Waals surface area contributed by atoms with Gasteiger partial charge >= 0.3 is 0 Å². The van der Waals surface area contributed by atoms with Crippen LogP contribution in [-0.2, 0) is 0 Å². The highest BCUT2D eigenvalue weighted by molar-refractivity contribution is 6.17. The zero-order valence-electron chi connectivity index (χ0n) is 33.9. The van der Waals surface area contributed by atoms with Crippen molar-refractivity contribution in [2.45, 2.75) is 0 Å². The molecule has 4 nitrogen and oxygen atoms in total. The molecule has 11 aromatic rings. The van der Waals surface area contributed by atoms with Gasteiger partial charge in [-0.1, -0.05) is 182 Å². The van der Waals surface area contributed by atoms with E-state index < -0.39 is 0 Å². The molecule has 0 aliphatic heterocycles. The predicted octanol–water partition coefficient (Wildman–Crippen LogP) is 15.4. The Morgan fingerprint density at radius 3 is 1.24 bits per heavy atom. The van der Waals surface area contributed by atoms with Gasteiger partial charge in [-0.15, -0.1) is 0 Å². The summed E-state index contributed by atoms with van der Waals surface area (Å²) in [5.74, 6) is 0.650. The van der Waals surface area contributed by atoms with E-state index in [4.69, 9.17) is 9.97 Å². The number of aromatic nitrogens is 3. The highest BCUT2D eigenvalue weighted by atomic mass is 15.1.